The molecule has 2 aromatic carbocycles. The minimum absolute atomic E-state index is 0.121. The standard InChI is InChI=1S/C14H7ClO2.C6H4O2/c15-11-7-3-6-10-12(11)14(17)9-5-2-1-4-8(9)13(10)16;7-5-1-2-6(8)4-3-5/h1-7H;1-4H. The molecule has 0 fully saturated rings. The zero-order valence-corrected chi connectivity index (χ0v) is 13.6. The molecule has 2 aliphatic rings. The van der Waals surface area contributed by atoms with Gasteiger partial charge in [0.1, 0.15) is 0 Å². The van der Waals surface area contributed by atoms with Gasteiger partial charge >= 0.3 is 0 Å². The molecule has 4 rings (SSSR count). The van der Waals surface area contributed by atoms with E-state index in [0.717, 1.165) is 0 Å². The molecule has 0 heterocycles. The molecule has 0 radical (unpaired) electrons. The second-order valence-corrected chi connectivity index (χ2v) is 5.74. The highest BCUT2D eigenvalue weighted by atomic mass is 35.5. The van der Waals surface area contributed by atoms with E-state index in [2.05, 4.69) is 0 Å². The number of benzene rings is 2. The summed E-state index contributed by atoms with van der Waals surface area (Å²) in [5, 5.41) is 0.329. The quantitative estimate of drug-likeness (QED) is 0.583. The monoisotopic (exact) mass is 350 g/mol. The molecule has 4 nitrogen and oxygen atoms in total. The molecule has 122 valence electrons. The lowest BCUT2D eigenvalue weighted by molar-refractivity contribution is -0.113. The summed E-state index contributed by atoms with van der Waals surface area (Å²) in [5.74, 6) is -0.562. The first-order chi connectivity index (χ1) is 12.0. The number of carbonyl (C=O) groups excluding carboxylic acids is 4. The predicted molar refractivity (Wildman–Crippen MR) is 93.1 cm³/mol. The minimum atomic E-state index is -0.180. The Hall–Kier alpha value is -3.11. The van der Waals surface area contributed by atoms with Crippen LogP contribution in [0.2, 0.25) is 5.02 Å². The van der Waals surface area contributed by atoms with Crippen LogP contribution in [0.4, 0.5) is 0 Å². The Balaban J connectivity index is 0.000000192. The number of ketones is 4. The number of carbonyl (C=O) groups is 4. The third-order valence-corrected chi connectivity index (χ3v) is 4.04. The van der Waals surface area contributed by atoms with Gasteiger partial charge in [-0.3, -0.25) is 19.2 Å². The third kappa shape index (κ3) is 3.25. The molecule has 0 saturated heterocycles. The fourth-order valence-corrected chi connectivity index (χ4v) is 2.80. The van der Waals surface area contributed by atoms with Gasteiger partial charge in [0.2, 0.25) is 0 Å². The lowest BCUT2D eigenvalue weighted by atomic mass is 9.84. The van der Waals surface area contributed by atoms with Crippen molar-refractivity contribution in [2.45, 2.75) is 0 Å². The molecule has 0 atom stereocenters. The van der Waals surface area contributed by atoms with E-state index in [1.54, 1.807) is 42.5 Å². The number of fused-ring (bicyclic) bond motifs is 2. The second-order valence-electron chi connectivity index (χ2n) is 5.34. The van der Waals surface area contributed by atoms with E-state index in [9.17, 15) is 19.2 Å². The van der Waals surface area contributed by atoms with E-state index < -0.39 is 0 Å². The van der Waals surface area contributed by atoms with Gasteiger partial charge in [0.25, 0.3) is 0 Å². The molecule has 0 saturated carbocycles. The summed E-state index contributed by atoms with van der Waals surface area (Å²) in [5.41, 5.74) is 1.59. The molecule has 0 aliphatic heterocycles. The van der Waals surface area contributed by atoms with Crippen molar-refractivity contribution in [3.05, 3.63) is 94.0 Å². The lowest BCUT2D eigenvalue weighted by Crippen LogP contribution is -2.21. The van der Waals surface area contributed by atoms with Crippen LogP contribution in [0.1, 0.15) is 31.8 Å². The van der Waals surface area contributed by atoms with Crippen molar-refractivity contribution in [3.8, 4) is 0 Å². The van der Waals surface area contributed by atoms with Gasteiger partial charge in [0.05, 0.1) is 10.6 Å². The van der Waals surface area contributed by atoms with Crippen LogP contribution < -0.4 is 0 Å². The molecule has 0 aromatic heterocycles. The zero-order valence-electron chi connectivity index (χ0n) is 12.9. The number of rotatable bonds is 0. The van der Waals surface area contributed by atoms with Gasteiger partial charge in [0.15, 0.2) is 23.1 Å². The second kappa shape index (κ2) is 6.79. The molecule has 2 aliphatic carbocycles. The third-order valence-electron chi connectivity index (χ3n) is 3.73. The summed E-state index contributed by atoms with van der Waals surface area (Å²) in [6.07, 6.45) is 5.01. The van der Waals surface area contributed by atoms with Crippen LogP contribution >= 0.6 is 11.6 Å². The fourth-order valence-electron chi connectivity index (χ4n) is 2.54. The van der Waals surface area contributed by atoms with Crippen molar-refractivity contribution in [2.24, 2.45) is 0 Å². The topological polar surface area (TPSA) is 68.3 Å². The molecule has 0 spiro atoms. The van der Waals surface area contributed by atoms with E-state index in [-0.39, 0.29) is 23.1 Å². The Kier molecular flexibility index (Phi) is 4.55. The molecule has 5 heteroatoms. The van der Waals surface area contributed by atoms with Gasteiger partial charge in [-0.25, -0.2) is 0 Å². The van der Waals surface area contributed by atoms with Crippen LogP contribution in [0, 0.1) is 0 Å². The maximum absolute atomic E-state index is 12.2. The van der Waals surface area contributed by atoms with E-state index in [0.29, 0.717) is 27.3 Å². The minimum Gasteiger partial charge on any atom is -0.290 e. The largest absolute Gasteiger partial charge is 0.290 e. The van der Waals surface area contributed by atoms with Crippen molar-refractivity contribution >= 4 is 34.7 Å². The summed E-state index contributed by atoms with van der Waals surface area (Å²) in [4.78, 5) is 45.0. The highest BCUT2D eigenvalue weighted by Gasteiger charge is 2.30. The number of hydrogen-bond donors (Lipinski definition) is 0. The smallest absolute Gasteiger partial charge is 0.196 e. The SMILES string of the molecule is O=C1C=CC(=O)C=C1.O=C1c2ccccc2C(=O)c2c(Cl)cccc21. The summed E-state index contributed by atoms with van der Waals surface area (Å²) in [6.45, 7) is 0. The van der Waals surface area contributed by atoms with E-state index >= 15 is 0 Å². The Bertz CT molecular complexity index is 945. The molecule has 0 unspecified atom stereocenters. The first-order valence-electron chi connectivity index (χ1n) is 7.40. The first-order valence-corrected chi connectivity index (χ1v) is 7.78. The summed E-state index contributed by atoms with van der Waals surface area (Å²) >= 11 is 6.00. The Labute approximate surface area is 148 Å². The van der Waals surface area contributed by atoms with Crippen molar-refractivity contribution in [1.82, 2.24) is 0 Å². The number of hydrogen-bond acceptors (Lipinski definition) is 4. The molecule has 25 heavy (non-hydrogen) atoms. The van der Waals surface area contributed by atoms with Crippen molar-refractivity contribution in [3.63, 3.8) is 0 Å². The molecule has 0 bridgehead atoms. The van der Waals surface area contributed by atoms with Crippen molar-refractivity contribution in [2.75, 3.05) is 0 Å². The molecule has 2 aromatic rings. The van der Waals surface area contributed by atoms with Gasteiger partial charge in [0, 0.05) is 16.7 Å². The predicted octanol–water partition coefficient (Wildman–Crippen LogP) is 3.37. The van der Waals surface area contributed by atoms with Crippen LogP contribution in [0.15, 0.2) is 66.8 Å². The van der Waals surface area contributed by atoms with Crippen molar-refractivity contribution in [1.29, 1.82) is 0 Å². The van der Waals surface area contributed by atoms with Gasteiger partial charge in [-0.2, -0.15) is 0 Å². The lowest BCUT2D eigenvalue weighted by Gasteiger charge is -2.17. The fraction of sp³-hybridized carbons (Fsp3) is 0. The Morgan fingerprint density at radius 1 is 0.560 bits per heavy atom. The first kappa shape index (κ1) is 16.7. The normalized spacial score (nSPS) is 14.6. The highest BCUT2D eigenvalue weighted by Crippen LogP contribution is 2.31. The maximum Gasteiger partial charge on any atom is 0.196 e. The average molecular weight is 351 g/mol. The van der Waals surface area contributed by atoms with Crippen LogP contribution in [0.25, 0.3) is 0 Å². The zero-order chi connectivity index (χ0) is 18.0. The van der Waals surface area contributed by atoms with Crippen molar-refractivity contribution < 1.29 is 19.2 Å². The van der Waals surface area contributed by atoms with Gasteiger partial charge in [-0.15, -0.1) is 0 Å². The highest BCUT2D eigenvalue weighted by molar-refractivity contribution is 6.39. The summed E-state index contributed by atoms with van der Waals surface area (Å²) in [7, 11) is 0. The van der Waals surface area contributed by atoms with E-state index in [4.69, 9.17) is 11.6 Å². The number of allylic oxidation sites excluding steroid dienone is 4. The molecular formula is C20H11ClO4. The van der Waals surface area contributed by atoms with E-state index in [1.807, 2.05) is 0 Å². The Morgan fingerprint density at radius 3 is 1.60 bits per heavy atom. The Morgan fingerprint density at radius 2 is 1.04 bits per heavy atom. The van der Waals surface area contributed by atoms with Crippen LogP contribution in [-0.4, -0.2) is 23.1 Å². The van der Waals surface area contributed by atoms with E-state index in [1.165, 1.54) is 24.3 Å². The molecular weight excluding hydrogens is 340 g/mol. The number of halogens is 1. The van der Waals surface area contributed by atoms with Crippen LogP contribution in [0.5, 0.6) is 0 Å². The van der Waals surface area contributed by atoms with Crippen LogP contribution in [-0.2, 0) is 9.59 Å². The average Bonchev–Trinajstić information content (AvgIpc) is 2.62. The molecule has 0 amide bonds. The van der Waals surface area contributed by atoms with Gasteiger partial charge < -0.3 is 0 Å². The molecule has 0 N–H and O–H groups in total. The summed E-state index contributed by atoms with van der Waals surface area (Å²) < 4.78 is 0. The summed E-state index contributed by atoms with van der Waals surface area (Å²) in [6, 6.07) is 11.8. The van der Waals surface area contributed by atoms with Gasteiger partial charge in [-0.05, 0) is 30.4 Å². The van der Waals surface area contributed by atoms with Gasteiger partial charge in [-0.1, -0.05) is 48.0 Å². The van der Waals surface area contributed by atoms with Crippen LogP contribution in [0.3, 0.4) is 0 Å². The maximum atomic E-state index is 12.2.